The van der Waals surface area contributed by atoms with Gasteiger partial charge in [0.25, 0.3) is 0 Å². The highest BCUT2D eigenvalue weighted by molar-refractivity contribution is 5.94. The number of hydrogen-bond donors (Lipinski definition) is 0. The Morgan fingerprint density at radius 1 is 0.330 bits per heavy atom. The number of carbonyl (C=O) groups is 6. The van der Waals surface area contributed by atoms with E-state index in [-0.39, 0.29) is 13.2 Å². The minimum absolute atomic E-state index is 0.267. The Morgan fingerprint density at radius 2 is 0.594 bits per heavy atom. The van der Waals surface area contributed by atoms with Gasteiger partial charge in [0.15, 0.2) is 11.2 Å². The lowest BCUT2D eigenvalue weighted by Crippen LogP contribution is -2.39. The summed E-state index contributed by atoms with van der Waals surface area (Å²) < 4.78 is 34.0. The second kappa shape index (κ2) is 43.3. The third-order valence-electron chi connectivity index (χ3n) is 22.1. The third kappa shape index (κ3) is 26.6. The summed E-state index contributed by atoms with van der Waals surface area (Å²) in [6.45, 7) is 12.6. The number of ether oxygens (including phenoxy) is 6. The van der Waals surface area contributed by atoms with Gasteiger partial charge in [-0.15, -0.1) is 0 Å². The molecule has 0 aromatic heterocycles. The van der Waals surface area contributed by atoms with E-state index in [1.54, 1.807) is 48.5 Å². The van der Waals surface area contributed by atoms with Gasteiger partial charge in [0.05, 0.1) is 48.7 Å². The second-order valence-electron chi connectivity index (χ2n) is 29.7. The van der Waals surface area contributed by atoms with Crippen molar-refractivity contribution in [1.82, 2.24) is 0 Å². The van der Waals surface area contributed by atoms with Crippen LogP contribution in [0.4, 0.5) is 0 Å². The first kappa shape index (κ1) is 80.7. The van der Waals surface area contributed by atoms with E-state index < -0.39 is 47.0 Å². The summed E-state index contributed by atoms with van der Waals surface area (Å²) >= 11 is 0. The fourth-order valence-corrected chi connectivity index (χ4v) is 15.5. The van der Waals surface area contributed by atoms with E-state index in [0.717, 1.165) is 122 Å². The van der Waals surface area contributed by atoms with E-state index in [1.165, 1.54) is 103 Å². The topological polar surface area (TPSA) is 158 Å². The minimum Gasteiger partial charge on any atom is -0.463 e. The molecule has 0 bridgehead atoms. The first-order chi connectivity index (χ1) is 51.7. The van der Waals surface area contributed by atoms with Gasteiger partial charge in [-0.25, -0.2) is 28.8 Å². The number of unbranched alkanes of at least 4 members (excludes halogenated alkanes) is 10. The maximum atomic E-state index is 14.0. The third-order valence-corrected chi connectivity index (χ3v) is 22.1. The zero-order valence-corrected chi connectivity index (χ0v) is 62.9. The molecule has 0 heterocycles. The molecule has 0 aliphatic heterocycles. The van der Waals surface area contributed by atoms with Gasteiger partial charge in [0, 0.05) is 45.5 Å². The Morgan fingerprint density at radius 3 is 0.877 bits per heavy atom. The lowest BCUT2D eigenvalue weighted by Gasteiger charge is -2.41. The quantitative estimate of drug-likeness (QED) is 0.0132. The Hall–Kier alpha value is -9.36. The SMILES string of the molecule is C=CC(=O)OCCCCCCOC(=O)c1ccc(C(=O)OC2(C#Cc3ccc(C#Cc4ccc(C#Cc5ccc(C#CC6(OC(=O)c7ccc(C(=O)OCCCCCCOC(=O)C=C)cc7)CCC(C7CCC(CCCCC)CC7)CC6)cc5)cc4)cc3)CCC(C3CCC(CCCCC)CC3)CC2)cc1. The van der Waals surface area contributed by atoms with Crippen LogP contribution in [0, 0.1) is 82.9 Å². The summed E-state index contributed by atoms with van der Waals surface area (Å²) in [5.74, 6) is 28.5. The van der Waals surface area contributed by atoms with Gasteiger partial charge in [-0.1, -0.05) is 140 Å². The van der Waals surface area contributed by atoms with Gasteiger partial charge < -0.3 is 28.4 Å². The summed E-state index contributed by atoms with van der Waals surface area (Å²) in [5.41, 5.74) is 4.50. The first-order valence-corrected chi connectivity index (χ1v) is 39.7. The van der Waals surface area contributed by atoms with Crippen LogP contribution in [0.1, 0.15) is 294 Å². The van der Waals surface area contributed by atoms with Gasteiger partial charge in [-0.05, 0) is 297 Å². The van der Waals surface area contributed by atoms with Crippen molar-refractivity contribution in [3.8, 4) is 47.4 Å². The van der Waals surface area contributed by atoms with Gasteiger partial charge in [0.2, 0.25) is 0 Å². The van der Waals surface area contributed by atoms with Crippen molar-refractivity contribution in [2.75, 3.05) is 26.4 Å². The zero-order chi connectivity index (χ0) is 74.6. The number of esters is 6. The van der Waals surface area contributed by atoms with Crippen LogP contribution >= 0.6 is 0 Å². The predicted molar refractivity (Wildman–Crippen MR) is 417 cm³/mol. The first-order valence-electron chi connectivity index (χ1n) is 39.7. The molecule has 0 saturated heterocycles. The Labute approximate surface area is 631 Å². The van der Waals surface area contributed by atoms with Crippen molar-refractivity contribution in [1.29, 1.82) is 0 Å². The van der Waals surface area contributed by atoms with Crippen molar-refractivity contribution in [2.45, 2.75) is 231 Å². The van der Waals surface area contributed by atoms with Crippen molar-refractivity contribution in [3.05, 3.63) is 202 Å². The number of rotatable bonds is 32. The summed E-state index contributed by atoms with van der Waals surface area (Å²) in [4.78, 5) is 76.3. The summed E-state index contributed by atoms with van der Waals surface area (Å²) in [6.07, 6.45) is 35.8. The number of benzene rings is 5. The molecule has 0 N–H and O–H groups in total. The van der Waals surface area contributed by atoms with Crippen molar-refractivity contribution in [3.63, 3.8) is 0 Å². The van der Waals surface area contributed by atoms with Crippen LogP contribution in [0.25, 0.3) is 0 Å². The molecule has 9 rings (SSSR count). The number of carbonyl (C=O) groups excluding carboxylic acids is 6. The maximum Gasteiger partial charge on any atom is 0.339 e. The lowest BCUT2D eigenvalue weighted by molar-refractivity contribution is -0.138. The zero-order valence-electron chi connectivity index (χ0n) is 62.9. The van der Waals surface area contributed by atoms with Crippen LogP contribution < -0.4 is 0 Å². The van der Waals surface area contributed by atoms with Gasteiger partial charge >= 0.3 is 35.8 Å². The van der Waals surface area contributed by atoms with Crippen LogP contribution in [0.3, 0.4) is 0 Å². The molecule has 0 spiro atoms. The largest absolute Gasteiger partial charge is 0.463 e. The van der Waals surface area contributed by atoms with Crippen LogP contribution in [0.15, 0.2) is 147 Å². The monoisotopic (exact) mass is 1430 g/mol. The molecule has 0 radical (unpaired) electrons. The maximum absolute atomic E-state index is 14.0. The lowest BCUT2D eigenvalue weighted by atomic mass is 9.67. The average Bonchev–Trinajstić information content (AvgIpc) is 0.807. The second-order valence-corrected chi connectivity index (χ2v) is 29.7. The molecule has 106 heavy (non-hydrogen) atoms. The molecule has 4 saturated carbocycles. The molecule has 12 heteroatoms. The highest BCUT2D eigenvalue weighted by Gasteiger charge is 2.42. The van der Waals surface area contributed by atoms with E-state index >= 15 is 0 Å². The van der Waals surface area contributed by atoms with Crippen molar-refractivity contribution < 1.29 is 57.2 Å². The van der Waals surface area contributed by atoms with Crippen LogP contribution in [-0.2, 0) is 38.0 Å². The van der Waals surface area contributed by atoms with Crippen molar-refractivity contribution in [2.24, 2.45) is 35.5 Å². The Balaban J connectivity index is 0.788. The van der Waals surface area contributed by atoms with E-state index in [0.29, 0.717) is 97.7 Å². The fourth-order valence-electron chi connectivity index (χ4n) is 15.5. The average molecular weight is 1430 g/mol. The van der Waals surface area contributed by atoms with E-state index in [2.05, 4.69) is 74.4 Å². The number of hydrogen-bond acceptors (Lipinski definition) is 12. The molecule has 0 atom stereocenters. The van der Waals surface area contributed by atoms with E-state index in [4.69, 9.17) is 28.4 Å². The van der Waals surface area contributed by atoms with E-state index in [9.17, 15) is 28.8 Å². The molecule has 4 fully saturated rings. The molecule has 12 nitrogen and oxygen atoms in total. The summed E-state index contributed by atoms with van der Waals surface area (Å²) in [5, 5.41) is 0. The smallest absolute Gasteiger partial charge is 0.339 e. The molecular formula is C94H110O12. The molecule has 4 aliphatic rings. The Bertz CT molecular complexity index is 3660. The molecular weight excluding hydrogens is 1320 g/mol. The van der Waals surface area contributed by atoms with Gasteiger partial charge in [0.1, 0.15) is 0 Å². The van der Waals surface area contributed by atoms with E-state index in [1.807, 2.05) is 72.8 Å². The van der Waals surface area contributed by atoms with Gasteiger partial charge in [-0.3, -0.25) is 0 Å². The molecule has 558 valence electrons. The molecule has 4 aliphatic carbocycles. The summed E-state index contributed by atoms with van der Waals surface area (Å²) in [6, 6.07) is 36.5. The van der Waals surface area contributed by atoms with Crippen molar-refractivity contribution >= 4 is 35.8 Å². The standard InChI is InChI=1S/C94H110O12/c1-5-9-15-21-71-39-43-79(44-40-71)81-57-63-93(64-58-81,105-91(99)85-51-47-83(48-52-85)89(97)103-69-19-13-11-17-67-101-87(95)7-3)61-55-77-35-31-75(32-36-77)29-27-73-23-25-74(26-24-73)28-30-76-33-37-78(38-34-76)56-62-94(65-59-82(60-66-94)80-45-41-72(42-46-80)22-16-10-6-2)106-92(100)86-53-49-84(50-54-86)90(98)104-70-20-14-12-18-68-102-88(96)8-4/h7-8,23-26,31-38,47-54,71-72,79-82H,3-6,9-22,39-46,57-60,63-70H2,1-2H3. The Kier molecular flexibility index (Phi) is 33.0. The molecule has 0 amide bonds. The summed E-state index contributed by atoms with van der Waals surface area (Å²) in [7, 11) is 0. The van der Waals surface area contributed by atoms with Gasteiger partial charge in [-0.2, -0.15) is 0 Å². The normalized spacial score (nSPS) is 21.0. The highest BCUT2D eigenvalue weighted by atomic mass is 16.6. The molecule has 5 aromatic rings. The molecule has 5 aromatic carbocycles. The van der Waals surface area contributed by atoms with Crippen LogP contribution in [-0.4, -0.2) is 73.4 Å². The minimum atomic E-state index is -0.959. The van der Waals surface area contributed by atoms with Crippen LogP contribution in [0.5, 0.6) is 0 Å². The highest BCUT2D eigenvalue weighted by Crippen LogP contribution is 2.47. The molecule has 0 unspecified atom stereocenters. The van der Waals surface area contributed by atoms with Crippen LogP contribution in [0.2, 0.25) is 0 Å². The predicted octanol–water partition coefficient (Wildman–Crippen LogP) is 20.4. The fraction of sp³-hybridized carbons (Fsp3) is 0.489.